The topological polar surface area (TPSA) is 87.9 Å². The molecule has 0 saturated carbocycles. The van der Waals surface area contributed by atoms with E-state index in [-0.39, 0.29) is 17.9 Å². The molecular formula is C41H43NO6. The third-order valence-electron chi connectivity index (χ3n) is 8.08. The van der Waals surface area contributed by atoms with Crippen molar-refractivity contribution in [3.05, 3.63) is 125 Å². The highest BCUT2D eigenvalue weighted by Crippen LogP contribution is 2.27. The average Bonchev–Trinajstić information content (AvgIpc) is 3.52. The molecular weight excluding hydrogens is 602 g/mol. The van der Waals surface area contributed by atoms with Gasteiger partial charge in [-0.15, -0.1) is 0 Å². The van der Waals surface area contributed by atoms with Crippen LogP contribution in [0.25, 0.3) is 28.6 Å². The summed E-state index contributed by atoms with van der Waals surface area (Å²) in [5.74, 6) is 1.15. The summed E-state index contributed by atoms with van der Waals surface area (Å²) < 4.78 is 22.5. The number of oxazole rings is 1. The number of carbonyl (C=O) groups excluding carboxylic acids is 2. The number of aromatic nitrogens is 1. The van der Waals surface area contributed by atoms with Crippen LogP contribution in [0.15, 0.2) is 101 Å². The predicted octanol–water partition coefficient (Wildman–Crippen LogP) is 9.55. The van der Waals surface area contributed by atoms with Crippen molar-refractivity contribution in [1.82, 2.24) is 4.98 Å². The van der Waals surface area contributed by atoms with Crippen LogP contribution in [-0.2, 0) is 27.3 Å². The van der Waals surface area contributed by atoms with Gasteiger partial charge in [0, 0.05) is 17.5 Å². The number of fused-ring (bicyclic) bond motifs is 1. The zero-order chi connectivity index (χ0) is 33.7. The van der Waals surface area contributed by atoms with Gasteiger partial charge in [0.1, 0.15) is 17.9 Å². The van der Waals surface area contributed by atoms with Gasteiger partial charge in [0.2, 0.25) is 5.89 Å². The summed E-state index contributed by atoms with van der Waals surface area (Å²) in [6.07, 6.45) is 8.14. The molecule has 5 rings (SSSR count). The minimum Gasteiger partial charge on any atom is -0.488 e. The van der Waals surface area contributed by atoms with E-state index < -0.39 is 0 Å². The van der Waals surface area contributed by atoms with Gasteiger partial charge in [-0.1, -0.05) is 67.1 Å². The Bertz CT molecular complexity index is 1820. The molecule has 1 unspecified atom stereocenters. The minimum atomic E-state index is -0.315. The number of carbonyl (C=O) groups is 2. The molecule has 0 aliphatic rings. The van der Waals surface area contributed by atoms with E-state index in [1.54, 1.807) is 6.92 Å². The molecule has 7 heteroatoms. The van der Waals surface area contributed by atoms with Crippen molar-refractivity contribution in [3.63, 3.8) is 0 Å². The van der Waals surface area contributed by atoms with Crippen molar-refractivity contribution in [1.29, 1.82) is 0 Å². The number of esters is 2. The van der Waals surface area contributed by atoms with Gasteiger partial charge in [0.05, 0.1) is 18.8 Å². The lowest BCUT2D eigenvalue weighted by Gasteiger charge is -2.14. The molecule has 0 spiro atoms. The number of ether oxygens (including phenoxy) is 3. The van der Waals surface area contributed by atoms with E-state index in [0.717, 1.165) is 70.3 Å². The van der Waals surface area contributed by atoms with Gasteiger partial charge < -0.3 is 18.6 Å². The number of para-hydroxylation sites is 1. The Morgan fingerprint density at radius 3 is 2.38 bits per heavy atom. The molecule has 0 aliphatic heterocycles. The van der Waals surface area contributed by atoms with E-state index in [4.69, 9.17) is 18.6 Å². The lowest BCUT2D eigenvalue weighted by Crippen LogP contribution is -2.06. The van der Waals surface area contributed by atoms with Crippen LogP contribution < -0.4 is 4.74 Å². The number of allylic oxidation sites excluding steroid dienone is 1. The lowest BCUT2D eigenvalue weighted by molar-refractivity contribution is -0.143. The number of hydrogen-bond acceptors (Lipinski definition) is 7. The van der Waals surface area contributed by atoms with Gasteiger partial charge in [-0.25, -0.2) is 9.78 Å². The van der Waals surface area contributed by atoms with Crippen molar-refractivity contribution >= 4 is 29.1 Å². The second-order valence-corrected chi connectivity index (χ2v) is 11.8. The SMILES string of the molecule is CCOC(=O)CCCCC(/C=C/c1ccccc1OCc1ccc(-c2nc3cc(C)ccc3o2)cc1)Cc1ccc(C(=O)OCC)cc1. The van der Waals surface area contributed by atoms with Crippen molar-refractivity contribution < 1.29 is 28.2 Å². The second-order valence-electron chi connectivity index (χ2n) is 11.8. The number of unbranched alkanes of at least 4 members (excludes halogenated alkanes) is 1. The zero-order valence-corrected chi connectivity index (χ0v) is 27.9. The van der Waals surface area contributed by atoms with Crippen LogP contribution in [0.5, 0.6) is 5.75 Å². The lowest BCUT2D eigenvalue weighted by atomic mass is 9.92. The van der Waals surface area contributed by atoms with Gasteiger partial charge in [-0.3, -0.25) is 4.79 Å². The van der Waals surface area contributed by atoms with Crippen molar-refractivity contribution in [2.24, 2.45) is 5.92 Å². The van der Waals surface area contributed by atoms with E-state index in [9.17, 15) is 9.59 Å². The summed E-state index contributed by atoms with van der Waals surface area (Å²) in [7, 11) is 0. The van der Waals surface area contributed by atoms with E-state index in [0.29, 0.717) is 37.7 Å². The Morgan fingerprint density at radius 1 is 0.854 bits per heavy atom. The van der Waals surface area contributed by atoms with Crippen LogP contribution in [0.2, 0.25) is 0 Å². The van der Waals surface area contributed by atoms with Crippen LogP contribution in [0.3, 0.4) is 0 Å². The van der Waals surface area contributed by atoms with E-state index >= 15 is 0 Å². The molecule has 5 aromatic rings. The molecule has 0 fully saturated rings. The molecule has 0 saturated heterocycles. The van der Waals surface area contributed by atoms with Crippen molar-refractivity contribution in [3.8, 4) is 17.2 Å². The average molecular weight is 646 g/mol. The van der Waals surface area contributed by atoms with Gasteiger partial charge in [-0.2, -0.15) is 0 Å². The van der Waals surface area contributed by atoms with E-state index in [1.807, 2.05) is 98.8 Å². The Hall–Kier alpha value is -5.17. The first kappa shape index (κ1) is 34.2. The summed E-state index contributed by atoms with van der Waals surface area (Å²) >= 11 is 0. The monoisotopic (exact) mass is 645 g/mol. The Morgan fingerprint density at radius 2 is 1.60 bits per heavy atom. The molecule has 1 atom stereocenters. The molecule has 1 aromatic heterocycles. The first-order valence-electron chi connectivity index (χ1n) is 16.7. The zero-order valence-electron chi connectivity index (χ0n) is 27.9. The molecule has 0 bridgehead atoms. The highest BCUT2D eigenvalue weighted by Gasteiger charge is 2.12. The van der Waals surface area contributed by atoms with E-state index in [1.165, 1.54) is 0 Å². The Kier molecular flexibility index (Phi) is 12.2. The van der Waals surface area contributed by atoms with Gasteiger partial charge in [0.15, 0.2) is 5.58 Å². The smallest absolute Gasteiger partial charge is 0.338 e. The van der Waals surface area contributed by atoms with Crippen LogP contribution in [0, 0.1) is 12.8 Å². The largest absolute Gasteiger partial charge is 0.488 e. The summed E-state index contributed by atoms with van der Waals surface area (Å²) in [5.41, 5.74) is 7.40. The minimum absolute atomic E-state index is 0.152. The molecule has 248 valence electrons. The maximum Gasteiger partial charge on any atom is 0.338 e. The fraction of sp³-hybridized carbons (Fsp3) is 0.293. The number of aryl methyl sites for hydroxylation is 1. The first-order valence-corrected chi connectivity index (χ1v) is 16.7. The molecule has 48 heavy (non-hydrogen) atoms. The maximum absolute atomic E-state index is 12.1. The highest BCUT2D eigenvalue weighted by atomic mass is 16.5. The highest BCUT2D eigenvalue weighted by molar-refractivity contribution is 5.89. The molecule has 7 nitrogen and oxygen atoms in total. The standard InChI is InChI=1S/C41H43NO6/c1-4-45-39(43)13-9-6-10-30(27-31-16-23-35(24-17-31)41(44)46-5-2)15-20-33-11-7-8-12-37(33)47-28-32-18-21-34(22-19-32)40-42-36-26-29(3)14-25-38(36)48-40/h7-8,11-12,14-26,30H,4-6,9-10,13,27-28H2,1-3H3/b20-15+. The number of nitrogens with zero attached hydrogens (tertiary/aromatic N) is 1. The molecule has 0 N–H and O–H groups in total. The maximum atomic E-state index is 12.1. The van der Waals surface area contributed by atoms with Crippen molar-refractivity contribution in [2.45, 2.75) is 59.5 Å². The fourth-order valence-corrected chi connectivity index (χ4v) is 5.52. The molecule has 4 aromatic carbocycles. The second kappa shape index (κ2) is 17.1. The molecule has 0 radical (unpaired) electrons. The Balaban J connectivity index is 1.24. The third kappa shape index (κ3) is 9.67. The predicted molar refractivity (Wildman–Crippen MR) is 189 cm³/mol. The number of benzene rings is 4. The van der Waals surface area contributed by atoms with Gasteiger partial charge >= 0.3 is 11.9 Å². The van der Waals surface area contributed by atoms with E-state index in [2.05, 4.69) is 23.2 Å². The van der Waals surface area contributed by atoms with Crippen molar-refractivity contribution in [2.75, 3.05) is 13.2 Å². The van der Waals surface area contributed by atoms with Crippen LogP contribution in [0.4, 0.5) is 0 Å². The number of hydrogen-bond donors (Lipinski definition) is 0. The molecule has 1 heterocycles. The van der Waals surface area contributed by atoms with Gasteiger partial charge in [-0.05, 0) is 105 Å². The summed E-state index contributed by atoms with van der Waals surface area (Å²) in [6, 6.07) is 29.7. The summed E-state index contributed by atoms with van der Waals surface area (Å²) in [5, 5.41) is 0. The normalized spacial score (nSPS) is 11.9. The summed E-state index contributed by atoms with van der Waals surface area (Å²) in [4.78, 5) is 28.6. The quantitative estimate of drug-likeness (QED) is 0.0780. The fourth-order valence-electron chi connectivity index (χ4n) is 5.52. The molecule has 0 amide bonds. The van der Waals surface area contributed by atoms with Crippen LogP contribution >= 0.6 is 0 Å². The number of rotatable bonds is 16. The first-order chi connectivity index (χ1) is 23.4. The summed E-state index contributed by atoms with van der Waals surface area (Å²) in [6.45, 7) is 6.83. The third-order valence-corrected chi connectivity index (χ3v) is 8.08. The van der Waals surface area contributed by atoms with Crippen LogP contribution in [-0.4, -0.2) is 30.1 Å². The molecule has 0 aliphatic carbocycles. The van der Waals surface area contributed by atoms with Crippen LogP contribution in [0.1, 0.15) is 72.1 Å². The van der Waals surface area contributed by atoms with Gasteiger partial charge in [0.25, 0.3) is 0 Å². The Labute approximate surface area is 282 Å².